The number of aryl methyl sites for hydroxylation is 1. The number of carbonyl (C=O) groups is 2. The summed E-state index contributed by atoms with van der Waals surface area (Å²) >= 11 is 2.56. The van der Waals surface area contributed by atoms with E-state index in [2.05, 4.69) is 17.2 Å². The summed E-state index contributed by atoms with van der Waals surface area (Å²) in [5.74, 6) is -1.12. The molecule has 2 aromatic rings. The molecule has 0 aliphatic rings. The van der Waals surface area contributed by atoms with Crippen LogP contribution in [0.25, 0.3) is 0 Å². The van der Waals surface area contributed by atoms with E-state index >= 15 is 0 Å². The van der Waals surface area contributed by atoms with Crippen LogP contribution >= 0.6 is 22.7 Å². The topological polar surface area (TPSA) is 79.3 Å². The van der Waals surface area contributed by atoms with Gasteiger partial charge in [0.1, 0.15) is 9.75 Å². The lowest BCUT2D eigenvalue weighted by molar-refractivity contribution is 0.0702. The van der Waals surface area contributed by atoms with E-state index in [1.54, 1.807) is 18.3 Å². The number of hydrogen-bond acceptors (Lipinski definition) is 5. The minimum Gasteiger partial charge on any atom is -0.477 e. The zero-order valence-corrected chi connectivity index (χ0v) is 12.5. The van der Waals surface area contributed by atoms with Gasteiger partial charge in [0.2, 0.25) is 0 Å². The van der Waals surface area contributed by atoms with Crippen LogP contribution in [0, 0.1) is 0 Å². The summed E-state index contributed by atoms with van der Waals surface area (Å²) < 4.78 is 0. The van der Waals surface area contributed by atoms with Gasteiger partial charge in [-0.3, -0.25) is 4.79 Å². The van der Waals surface area contributed by atoms with Crippen LogP contribution < -0.4 is 5.32 Å². The summed E-state index contributed by atoms with van der Waals surface area (Å²) in [6.45, 7) is 2.40. The molecule has 0 aliphatic carbocycles. The molecule has 0 atom stereocenters. The molecular weight excluding hydrogens is 296 g/mol. The molecule has 0 radical (unpaired) electrons. The van der Waals surface area contributed by atoms with Crippen LogP contribution in [0.4, 0.5) is 0 Å². The van der Waals surface area contributed by atoms with Gasteiger partial charge in [0.05, 0.1) is 17.7 Å². The van der Waals surface area contributed by atoms with Gasteiger partial charge in [-0.25, -0.2) is 9.78 Å². The third kappa shape index (κ3) is 3.64. The Labute approximate surface area is 124 Å². The number of rotatable bonds is 6. The molecule has 2 rings (SSSR count). The van der Waals surface area contributed by atoms with Crippen molar-refractivity contribution in [1.82, 2.24) is 10.3 Å². The first-order valence-electron chi connectivity index (χ1n) is 6.15. The van der Waals surface area contributed by atoms with Gasteiger partial charge in [-0.1, -0.05) is 6.92 Å². The standard InChI is InChI=1S/C13H14N2O3S2/c1-2-3-11-14-7-10(20-11)12(16)15-6-8-4-5-9(19-8)13(17)18/h4-5,7H,2-3,6H2,1H3,(H,15,16)(H,17,18). The lowest BCUT2D eigenvalue weighted by Gasteiger charge is -2.00. The molecule has 0 aromatic carbocycles. The van der Waals surface area contributed by atoms with Crippen LogP contribution in [0.5, 0.6) is 0 Å². The average molecular weight is 310 g/mol. The highest BCUT2D eigenvalue weighted by molar-refractivity contribution is 7.14. The molecule has 0 aliphatic heterocycles. The maximum atomic E-state index is 11.9. The number of nitrogens with one attached hydrogen (secondary N) is 1. The fourth-order valence-corrected chi connectivity index (χ4v) is 3.31. The monoisotopic (exact) mass is 310 g/mol. The predicted octanol–water partition coefficient (Wildman–Crippen LogP) is 2.79. The molecule has 0 fully saturated rings. The van der Waals surface area contributed by atoms with E-state index in [1.807, 2.05) is 0 Å². The lowest BCUT2D eigenvalue weighted by atomic mass is 10.4. The van der Waals surface area contributed by atoms with Crippen molar-refractivity contribution in [2.45, 2.75) is 26.3 Å². The van der Waals surface area contributed by atoms with E-state index in [4.69, 9.17) is 5.11 Å². The van der Waals surface area contributed by atoms with Crippen LogP contribution in [0.15, 0.2) is 18.3 Å². The quantitative estimate of drug-likeness (QED) is 0.860. The fourth-order valence-electron chi connectivity index (χ4n) is 1.59. The van der Waals surface area contributed by atoms with E-state index in [9.17, 15) is 9.59 Å². The third-order valence-electron chi connectivity index (χ3n) is 2.54. The van der Waals surface area contributed by atoms with Crippen molar-refractivity contribution in [2.24, 2.45) is 0 Å². The SMILES string of the molecule is CCCc1ncc(C(=O)NCc2ccc(C(=O)O)s2)s1. The lowest BCUT2D eigenvalue weighted by Crippen LogP contribution is -2.21. The van der Waals surface area contributed by atoms with Gasteiger partial charge in [0.25, 0.3) is 5.91 Å². The van der Waals surface area contributed by atoms with Crippen molar-refractivity contribution in [2.75, 3.05) is 0 Å². The summed E-state index contributed by atoms with van der Waals surface area (Å²) in [5, 5.41) is 12.6. The zero-order valence-electron chi connectivity index (χ0n) is 10.9. The van der Waals surface area contributed by atoms with E-state index in [0.717, 1.165) is 22.7 Å². The maximum absolute atomic E-state index is 11.9. The van der Waals surface area contributed by atoms with Crippen LogP contribution in [-0.4, -0.2) is 22.0 Å². The normalized spacial score (nSPS) is 10.4. The number of aromatic carboxylic acids is 1. The highest BCUT2D eigenvalue weighted by atomic mass is 32.1. The van der Waals surface area contributed by atoms with Crippen molar-refractivity contribution < 1.29 is 14.7 Å². The van der Waals surface area contributed by atoms with Crippen LogP contribution in [0.3, 0.4) is 0 Å². The number of thiophene rings is 1. The molecule has 0 unspecified atom stereocenters. The highest BCUT2D eigenvalue weighted by Crippen LogP contribution is 2.17. The number of amides is 1. The molecule has 0 saturated heterocycles. The summed E-state index contributed by atoms with van der Waals surface area (Å²) in [4.78, 5) is 28.5. The number of nitrogens with zero attached hydrogens (tertiary/aromatic N) is 1. The summed E-state index contributed by atoms with van der Waals surface area (Å²) in [5.41, 5.74) is 0. The van der Waals surface area contributed by atoms with E-state index in [-0.39, 0.29) is 10.8 Å². The second kappa shape index (κ2) is 6.62. The summed E-state index contributed by atoms with van der Waals surface area (Å²) in [6, 6.07) is 3.25. The maximum Gasteiger partial charge on any atom is 0.345 e. The minimum absolute atomic E-state index is 0.171. The minimum atomic E-state index is -0.945. The molecule has 2 heterocycles. The largest absolute Gasteiger partial charge is 0.477 e. The Kier molecular flexibility index (Phi) is 4.86. The first-order chi connectivity index (χ1) is 9.60. The Hall–Kier alpha value is -1.73. The summed E-state index contributed by atoms with van der Waals surface area (Å²) in [6.07, 6.45) is 3.47. The van der Waals surface area contributed by atoms with Gasteiger partial charge in [0.15, 0.2) is 0 Å². The molecule has 0 spiro atoms. The number of carboxylic acids is 1. The number of carboxylic acid groups (broad SMARTS) is 1. The van der Waals surface area contributed by atoms with Crippen molar-refractivity contribution in [1.29, 1.82) is 0 Å². The first-order valence-corrected chi connectivity index (χ1v) is 7.78. The Bertz CT molecular complexity index is 619. The molecule has 20 heavy (non-hydrogen) atoms. The van der Waals surface area contributed by atoms with Crippen molar-refractivity contribution in [3.63, 3.8) is 0 Å². The fraction of sp³-hybridized carbons (Fsp3) is 0.308. The Morgan fingerprint density at radius 3 is 2.75 bits per heavy atom. The van der Waals surface area contributed by atoms with Gasteiger partial charge in [-0.2, -0.15) is 0 Å². The molecule has 5 nitrogen and oxygen atoms in total. The second-order valence-electron chi connectivity index (χ2n) is 4.12. The van der Waals surface area contributed by atoms with Crippen LogP contribution in [0.1, 0.15) is 42.6 Å². The molecule has 0 bridgehead atoms. The second-order valence-corrected chi connectivity index (χ2v) is 6.41. The van der Waals surface area contributed by atoms with E-state index in [0.29, 0.717) is 11.4 Å². The van der Waals surface area contributed by atoms with Gasteiger partial charge in [-0.15, -0.1) is 22.7 Å². The Morgan fingerprint density at radius 1 is 1.30 bits per heavy atom. The Morgan fingerprint density at radius 2 is 2.10 bits per heavy atom. The van der Waals surface area contributed by atoms with Crippen LogP contribution in [0.2, 0.25) is 0 Å². The molecular formula is C13H14N2O3S2. The third-order valence-corrected chi connectivity index (χ3v) is 4.67. The van der Waals surface area contributed by atoms with Crippen molar-refractivity contribution in [3.05, 3.63) is 38.0 Å². The van der Waals surface area contributed by atoms with Crippen molar-refractivity contribution >= 4 is 34.6 Å². The number of thiazole rings is 1. The molecule has 1 amide bonds. The van der Waals surface area contributed by atoms with Gasteiger partial charge in [0, 0.05) is 4.88 Å². The van der Waals surface area contributed by atoms with E-state index < -0.39 is 5.97 Å². The average Bonchev–Trinajstić information content (AvgIpc) is 3.05. The molecule has 2 N–H and O–H groups in total. The number of hydrogen-bond donors (Lipinski definition) is 2. The molecule has 7 heteroatoms. The number of aromatic nitrogens is 1. The summed E-state index contributed by atoms with van der Waals surface area (Å²) in [7, 11) is 0. The van der Waals surface area contributed by atoms with Gasteiger partial charge in [-0.05, 0) is 25.0 Å². The smallest absolute Gasteiger partial charge is 0.345 e. The molecule has 2 aromatic heterocycles. The Balaban J connectivity index is 1.91. The zero-order chi connectivity index (χ0) is 14.5. The number of carbonyl (C=O) groups excluding carboxylic acids is 1. The van der Waals surface area contributed by atoms with Gasteiger partial charge >= 0.3 is 5.97 Å². The molecule has 106 valence electrons. The van der Waals surface area contributed by atoms with Crippen molar-refractivity contribution in [3.8, 4) is 0 Å². The first kappa shape index (κ1) is 14.7. The van der Waals surface area contributed by atoms with Gasteiger partial charge < -0.3 is 10.4 Å². The van der Waals surface area contributed by atoms with Crippen LogP contribution in [-0.2, 0) is 13.0 Å². The predicted molar refractivity (Wildman–Crippen MR) is 78.6 cm³/mol. The molecule has 0 saturated carbocycles. The highest BCUT2D eigenvalue weighted by Gasteiger charge is 2.11. The van der Waals surface area contributed by atoms with E-state index in [1.165, 1.54) is 22.7 Å².